The van der Waals surface area contributed by atoms with E-state index < -0.39 is 0 Å². The molecule has 0 bridgehead atoms. The first kappa shape index (κ1) is 15.3. The average molecular weight is 346 g/mol. The summed E-state index contributed by atoms with van der Waals surface area (Å²) >= 11 is 7.93. The molecule has 1 aromatic heterocycles. The van der Waals surface area contributed by atoms with Gasteiger partial charge >= 0.3 is 0 Å². The minimum absolute atomic E-state index is 0.676. The van der Waals surface area contributed by atoms with Crippen molar-refractivity contribution in [3.05, 3.63) is 41.6 Å². The van der Waals surface area contributed by atoms with Gasteiger partial charge in [0, 0.05) is 24.2 Å². The van der Waals surface area contributed by atoms with Gasteiger partial charge in [-0.3, -0.25) is 0 Å². The third-order valence-electron chi connectivity index (χ3n) is 4.59. The van der Waals surface area contributed by atoms with Gasteiger partial charge in [-0.1, -0.05) is 35.5 Å². The van der Waals surface area contributed by atoms with Gasteiger partial charge in [0.1, 0.15) is 5.82 Å². The highest BCUT2D eigenvalue weighted by Gasteiger charge is 2.28. The maximum absolute atomic E-state index is 6.16. The number of piperidine rings is 1. The van der Waals surface area contributed by atoms with Crippen LogP contribution in [0.5, 0.6) is 0 Å². The van der Waals surface area contributed by atoms with Crippen LogP contribution in [0.4, 0.5) is 11.5 Å². The van der Waals surface area contributed by atoms with E-state index in [1.807, 2.05) is 6.07 Å². The Morgan fingerprint density at radius 2 is 2.17 bits per heavy atom. The fraction of sp³-hybridized carbons (Fsp3) is 0.389. The molecule has 1 atom stereocenters. The monoisotopic (exact) mass is 345 g/mol. The summed E-state index contributed by atoms with van der Waals surface area (Å²) in [6.07, 6.45) is 4.33. The number of pyridine rings is 1. The second-order valence-corrected chi connectivity index (χ2v) is 7.95. The third-order valence-corrected chi connectivity index (χ3v) is 5.89. The van der Waals surface area contributed by atoms with Gasteiger partial charge in [0.05, 0.1) is 15.6 Å². The summed E-state index contributed by atoms with van der Waals surface area (Å²) in [5.74, 6) is 1.72. The lowest BCUT2D eigenvalue weighted by Gasteiger charge is -2.37. The number of aromatic nitrogens is 1. The van der Waals surface area contributed by atoms with Crippen LogP contribution in [0.2, 0.25) is 5.02 Å². The summed E-state index contributed by atoms with van der Waals surface area (Å²) in [4.78, 5) is 11.9. The van der Waals surface area contributed by atoms with Gasteiger partial charge in [0.25, 0.3) is 0 Å². The zero-order valence-corrected chi connectivity index (χ0v) is 14.8. The molecule has 0 spiro atoms. The van der Waals surface area contributed by atoms with Gasteiger partial charge in [-0.05, 0) is 50.6 Å². The Kier molecular flexibility index (Phi) is 4.22. The predicted molar refractivity (Wildman–Crippen MR) is 97.0 cm³/mol. The van der Waals surface area contributed by atoms with Crippen molar-refractivity contribution in [3.63, 3.8) is 0 Å². The van der Waals surface area contributed by atoms with Gasteiger partial charge in [-0.25, -0.2) is 4.98 Å². The highest BCUT2D eigenvalue weighted by molar-refractivity contribution is 7.99. The molecule has 0 N–H and O–H groups in total. The van der Waals surface area contributed by atoms with Crippen LogP contribution in [0.15, 0.2) is 46.3 Å². The van der Waals surface area contributed by atoms with Crippen molar-refractivity contribution in [2.24, 2.45) is 5.92 Å². The minimum Gasteiger partial charge on any atom is -0.324 e. The van der Waals surface area contributed by atoms with Gasteiger partial charge < -0.3 is 9.80 Å². The number of benzene rings is 1. The maximum atomic E-state index is 6.16. The quantitative estimate of drug-likeness (QED) is 0.786. The highest BCUT2D eigenvalue weighted by atomic mass is 35.5. The smallest absolute Gasteiger partial charge is 0.147 e. The number of anilines is 2. The van der Waals surface area contributed by atoms with Crippen LogP contribution in [0.25, 0.3) is 0 Å². The van der Waals surface area contributed by atoms with Crippen molar-refractivity contribution >= 4 is 34.9 Å². The number of hydrogen-bond acceptors (Lipinski definition) is 4. The summed E-state index contributed by atoms with van der Waals surface area (Å²) in [5.41, 5.74) is 1.27. The Labute approximate surface area is 146 Å². The lowest BCUT2D eigenvalue weighted by atomic mass is 9.97. The maximum Gasteiger partial charge on any atom is 0.147 e. The van der Waals surface area contributed by atoms with Crippen LogP contribution in [-0.4, -0.2) is 36.6 Å². The Morgan fingerprint density at radius 1 is 1.30 bits per heavy atom. The molecule has 1 fully saturated rings. The number of halogens is 1. The van der Waals surface area contributed by atoms with Crippen LogP contribution in [0.3, 0.4) is 0 Å². The van der Waals surface area contributed by atoms with Crippen molar-refractivity contribution < 1.29 is 0 Å². The first-order valence-electron chi connectivity index (χ1n) is 8.09. The van der Waals surface area contributed by atoms with Crippen LogP contribution in [0.1, 0.15) is 12.8 Å². The number of nitrogens with zero attached hydrogens (tertiary/aromatic N) is 3. The molecule has 23 heavy (non-hydrogen) atoms. The van der Waals surface area contributed by atoms with E-state index in [1.165, 1.54) is 30.0 Å². The van der Waals surface area contributed by atoms with Crippen LogP contribution in [-0.2, 0) is 0 Å². The van der Waals surface area contributed by atoms with Crippen molar-refractivity contribution in [2.75, 3.05) is 31.6 Å². The SMILES string of the molecule is CN1CCCC(CN2c3ccccc3Sc3cc(Cl)cnc32)C1. The molecule has 1 saturated heterocycles. The number of hydrogen-bond donors (Lipinski definition) is 0. The van der Waals surface area contributed by atoms with E-state index in [1.54, 1.807) is 18.0 Å². The van der Waals surface area contributed by atoms with Gasteiger partial charge in [0.2, 0.25) is 0 Å². The molecular weight excluding hydrogens is 326 g/mol. The van der Waals surface area contributed by atoms with Crippen molar-refractivity contribution in [1.29, 1.82) is 0 Å². The lowest BCUT2D eigenvalue weighted by molar-refractivity contribution is 0.213. The fourth-order valence-corrected chi connectivity index (χ4v) is 4.88. The van der Waals surface area contributed by atoms with Crippen LogP contribution >= 0.6 is 23.4 Å². The van der Waals surface area contributed by atoms with E-state index in [4.69, 9.17) is 11.6 Å². The van der Waals surface area contributed by atoms with E-state index in [9.17, 15) is 0 Å². The number of para-hydroxylation sites is 1. The predicted octanol–water partition coefficient (Wildman–Crippen LogP) is 4.68. The number of rotatable bonds is 2. The molecule has 120 valence electrons. The first-order valence-corrected chi connectivity index (χ1v) is 9.28. The zero-order valence-electron chi connectivity index (χ0n) is 13.2. The highest BCUT2D eigenvalue weighted by Crippen LogP contribution is 2.48. The summed E-state index contributed by atoms with van der Waals surface area (Å²) in [6, 6.07) is 10.6. The number of likely N-dealkylation sites (tertiary alicyclic amines) is 1. The fourth-order valence-electron chi connectivity index (χ4n) is 3.56. The van der Waals surface area contributed by atoms with E-state index in [-0.39, 0.29) is 0 Å². The molecule has 1 unspecified atom stereocenters. The summed E-state index contributed by atoms with van der Waals surface area (Å²) < 4.78 is 0. The molecule has 0 radical (unpaired) electrons. The second-order valence-electron chi connectivity index (χ2n) is 6.43. The van der Waals surface area contributed by atoms with Crippen molar-refractivity contribution in [1.82, 2.24) is 9.88 Å². The summed E-state index contributed by atoms with van der Waals surface area (Å²) in [5, 5.41) is 0.702. The van der Waals surface area contributed by atoms with Gasteiger partial charge in [-0.15, -0.1) is 0 Å². The summed E-state index contributed by atoms with van der Waals surface area (Å²) in [6.45, 7) is 3.39. The average Bonchev–Trinajstić information content (AvgIpc) is 2.54. The molecule has 4 rings (SSSR count). The van der Waals surface area contributed by atoms with Crippen LogP contribution < -0.4 is 4.90 Å². The second kappa shape index (κ2) is 6.34. The molecule has 0 aliphatic carbocycles. The largest absolute Gasteiger partial charge is 0.324 e. The Balaban J connectivity index is 1.70. The van der Waals surface area contributed by atoms with Crippen molar-refractivity contribution in [3.8, 4) is 0 Å². The molecule has 0 saturated carbocycles. The van der Waals surface area contributed by atoms with Crippen LogP contribution in [0, 0.1) is 5.92 Å². The van der Waals surface area contributed by atoms with Gasteiger partial charge in [-0.2, -0.15) is 0 Å². The van der Waals surface area contributed by atoms with Crippen molar-refractivity contribution in [2.45, 2.75) is 22.6 Å². The topological polar surface area (TPSA) is 19.4 Å². The normalized spacial score (nSPS) is 21.0. The minimum atomic E-state index is 0.676. The third kappa shape index (κ3) is 3.08. The lowest BCUT2D eigenvalue weighted by Crippen LogP contribution is -2.38. The Hall–Kier alpha value is -1.23. The standard InChI is InChI=1S/C18H20ClN3S/c1-21-8-4-5-13(11-21)12-22-15-6-2-3-7-16(15)23-17-9-14(19)10-20-18(17)22/h2-3,6-7,9-10,13H,4-5,8,11-12H2,1H3. The molecule has 0 amide bonds. The first-order chi connectivity index (χ1) is 11.2. The molecule has 2 aliphatic heterocycles. The molecule has 3 heterocycles. The zero-order chi connectivity index (χ0) is 15.8. The molecule has 3 nitrogen and oxygen atoms in total. The molecule has 2 aliphatic rings. The molecular formula is C18H20ClN3S. The van der Waals surface area contributed by atoms with E-state index in [0.29, 0.717) is 10.9 Å². The van der Waals surface area contributed by atoms with Gasteiger partial charge in [0.15, 0.2) is 0 Å². The molecule has 5 heteroatoms. The van der Waals surface area contributed by atoms with E-state index in [2.05, 4.69) is 46.1 Å². The molecule has 2 aromatic rings. The Morgan fingerprint density at radius 3 is 3.04 bits per heavy atom. The number of fused-ring (bicyclic) bond motifs is 2. The Bertz CT molecular complexity index is 721. The molecule has 1 aromatic carbocycles. The summed E-state index contributed by atoms with van der Waals surface area (Å²) in [7, 11) is 2.22. The van der Waals surface area contributed by atoms with E-state index >= 15 is 0 Å². The van der Waals surface area contributed by atoms with E-state index in [0.717, 1.165) is 23.8 Å².